The van der Waals surface area contributed by atoms with Crippen molar-refractivity contribution < 1.29 is 0 Å². The quantitative estimate of drug-likeness (QED) is 0.837. The third-order valence-corrected chi connectivity index (χ3v) is 3.51. The predicted molar refractivity (Wildman–Crippen MR) is 69.7 cm³/mol. The van der Waals surface area contributed by atoms with Gasteiger partial charge in [0.15, 0.2) is 0 Å². The number of likely N-dealkylation sites (N-methyl/N-ethyl adjacent to an activating group) is 1. The Kier molecular flexibility index (Phi) is 4.48. The van der Waals surface area contributed by atoms with Crippen molar-refractivity contribution >= 4 is 0 Å². The Morgan fingerprint density at radius 2 is 2.00 bits per heavy atom. The van der Waals surface area contributed by atoms with Gasteiger partial charge in [0.05, 0.1) is 0 Å². The van der Waals surface area contributed by atoms with Crippen molar-refractivity contribution in [3.05, 3.63) is 30.1 Å². The predicted octanol–water partition coefficient (Wildman–Crippen LogP) is 0.719. The van der Waals surface area contributed by atoms with Gasteiger partial charge in [0, 0.05) is 44.6 Å². The monoisotopic (exact) mass is 234 g/mol. The maximum atomic E-state index is 5.95. The molecule has 1 aromatic heterocycles. The summed E-state index contributed by atoms with van der Waals surface area (Å²) in [6, 6.07) is 4.49. The highest BCUT2D eigenvalue weighted by Crippen LogP contribution is 2.20. The molecule has 0 aliphatic carbocycles. The number of hydrogen-bond donors (Lipinski definition) is 1. The molecule has 0 spiro atoms. The van der Waals surface area contributed by atoms with Gasteiger partial charge >= 0.3 is 0 Å². The third kappa shape index (κ3) is 3.25. The van der Waals surface area contributed by atoms with Gasteiger partial charge in [-0.25, -0.2) is 0 Å². The number of hydrogen-bond acceptors (Lipinski definition) is 4. The lowest BCUT2D eigenvalue weighted by molar-refractivity contribution is 0.208. The van der Waals surface area contributed by atoms with Crippen LogP contribution in [0, 0.1) is 0 Å². The third-order valence-electron chi connectivity index (χ3n) is 3.51. The van der Waals surface area contributed by atoms with Crippen molar-refractivity contribution in [1.29, 1.82) is 0 Å². The Hall–Kier alpha value is -0.970. The lowest BCUT2D eigenvalue weighted by atomic mass is 10.1. The van der Waals surface area contributed by atoms with E-state index in [0.717, 1.165) is 19.6 Å². The summed E-state index contributed by atoms with van der Waals surface area (Å²) in [6.45, 7) is 5.22. The van der Waals surface area contributed by atoms with E-state index in [1.807, 2.05) is 12.4 Å². The Labute approximate surface area is 103 Å². The van der Waals surface area contributed by atoms with E-state index in [0.29, 0.717) is 12.6 Å². The van der Waals surface area contributed by atoms with Gasteiger partial charge in [-0.1, -0.05) is 0 Å². The number of rotatable bonds is 3. The van der Waals surface area contributed by atoms with E-state index in [-0.39, 0.29) is 0 Å². The summed E-state index contributed by atoms with van der Waals surface area (Å²) in [4.78, 5) is 8.96. The van der Waals surface area contributed by atoms with Crippen LogP contribution in [0.2, 0.25) is 0 Å². The van der Waals surface area contributed by atoms with Crippen LogP contribution < -0.4 is 5.73 Å². The van der Waals surface area contributed by atoms with Crippen LogP contribution in [0.3, 0.4) is 0 Å². The second-order valence-electron chi connectivity index (χ2n) is 4.72. The fourth-order valence-corrected chi connectivity index (χ4v) is 2.46. The highest BCUT2D eigenvalue weighted by Gasteiger charge is 2.21. The van der Waals surface area contributed by atoms with Crippen molar-refractivity contribution in [3.63, 3.8) is 0 Å². The fraction of sp³-hybridized carbons (Fsp3) is 0.615. The fourth-order valence-electron chi connectivity index (χ4n) is 2.46. The van der Waals surface area contributed by atoms with Gasteiger partial charge < -0.3 is 10.6 Å². The van der Waals surface area contributed by atoms with E-state index in [1.165, 1.54) is 18.5 Å². The molecule has 17 heavy (non-hydrogen) atoms. The first-order valence-corrected chi connectivity index (χ1v) is 6.34. The molecule has 1 saturated heterocycles. The lowest BCUT2D eigenvalue weighted by Crippen LogP contribution is -2.36. The minimum Gasteiger partial charge on any atom is -0.329 e. The van der Waals surface area contributed by atoms with Gasteiger partial charge in [-0.3, -0.25) is 9.88 Å². The van der Waals surface area contributed by atoms with Crippen LogP contribution >= 0.6 is 0 Å². The molecular formula is C13H22N4. The lowest BCUT2D eigenvalue weighted by Gasteiger charge is -2.29. The van der Waals surface area contributed by atoms with Gasteiger partial charge in [0.2, 0.25) is 0 Å². The standard InChI is InChI=1S/C13H22N4/c1-16-7-2-8-17(10-9-16)13(11-14)12-3-5-15-6-4-12/h3-6,13H,2,7-11,14H2,1H3. The summed E-state index contributed by atoms with van der Waals surface area (Å²) >= 11 is 0. The van der Waals surface area contributed by atoms with E-state index in [4.69, 9.17) is 5.73 Å². The first kappa shape index (κ1) is 12.5. The molecule has 1 fully saturated rings. The maximum absolute atomic E-state index is 5.95. The van der Waals surface area contributed by atoms with E-state index < -0.39 is 0 Å². The number of nitrogens with zero attached hydrogens (tertiary/aromatic N) is 3. The van der Waals surface area contributed by atoms with Crippen LogP contribution in [-0.2, 0) is 0 Å². The molecule has 0 bridgehead atoms. The first-order chi connectivity index (χ1) is 8.31. The van der Waals surface area contributed by atoms with Crippen molar-refractivity contribution in [3.8, 4) is 0 Å². The molecule has 0 aromatic carbocycles. The minimum absolute atomic E-state index is 0.338. The van der Waals surface area contributed by atoms with Gasteiger partial charge in [-0.05, 0) is 37.7 Å². The Morgan fingerprint density at radius 3 is 2.71 bits per heavy atom. The summed E-state index contributed by atoms with van der Waals surface area (Å²) in [6.07, 6.45) is 4.92. The molecule has 1 unspecified atom stereocenters. The zero-order chi connectivity index (χ0) is 12.1. The summed E-state index contributed by atoms with van der Waals surface area (Å²) in [5.41, 5.74) is 7.23. The average Bonchev–Trinajstić information content (AvgIpc) is 2.57. The van der Waals surface area contributed by atoms with E-state index >= 15 is 0 Å². The normalized spacial score (nSPS) is 21.1. The highest BCUT2D eigenvalue weighted by atomic mass is 15.2. The molecule has 94 valence electrons. The van der Waals surface area contributed by atoms with Gasteiger partial charge in [-0.15, -0.1) is 0 Å². The zero-order valence-electron chi connectivity index (χ0n) is 10.5. The minimum atomic E-state index is 0.338. The second-order valence-corrected chi connectivity index (χ2v) is 4.72. The molecule has 0 saturated carbocycles. The summed E-state index contributed by atoms with van der Waals surface area (Å²) in [7, 11) is 2.19. The molecule has 1 atom stereocenters. The van der Waals surface area contributed by atoms with Crippen LogP contribution in [0.4, 0.5) is 0 Å². The maximum Gasteiger partial charge on any atom is 0.0472 e. The Bertz CT molecular complexity index is 327. The average molecular weight is 234 g/mol. The van der Waals surface area contributed by atoms with Gasteiger partial charge in [0.25, 0.3) is 0 Å². The Morgan fingerprint density at radius 1 is 1.24 bits per heavy atom. The molecule has 1 aliphatic heterocycles. The van der Waals surface area contributed by atoms with Crippen LogP contribution in [0.25, 0.3) is 0 Å². The molecule has 0 amide bonds. The van der Waals surface area contributed by atoms with Crippen LogP contribution in [0.1, 0.15) is 18.0 Å². The molecule has 0 radical (unpaired) electrons. The van der Waals surface area contributed by atoms with Crippen molar-refractivity contribution in [2.75, 3.05) is 39.8 Å². The summed E-state index contributed by atoms with van der Waals surface area (Å²) in [5.74, 6) is 0. The molecule has 4 heteroatoms. The number of pyridine rings is 1. The van der Waals surface area contributed by atoms with E-state index in [2.05, 4.69) is 34.0 Å². The summed E-state index contributed by atoms with van der Waals surface area (Å²) in [5, 5.41) is 0. The van der Waals surface area contributed by atoms with Crippen LogP contribution in [0.15, 0.2) is 24.5 Å². The van der Waals surface area contributed by atoms with Crippen molar-refractivity contribution in [2.45, 2.75) is 12.5 Å². The highest BCUT2D eigenvalue weighted by molar-refractivity contribution is 5.15. The van der Waals surface area contributed by atoms with Crippen LogP contribution in [-0.4, -0.2) is 54.6 Å². The van der Waals surface area contributed by atoms with Gasteiger partial charge in [0.1, 0.15) is 0 Å². The van der Waals surface area contributed by atoms with Crippen molar-refractivity contribution in [1.82, 2.24) is 14.8 Å². The molecule has 1 aliphatic rings. The molecule has 2 N–H and O–H groups in total. The van der Waals surface area contributed by atoms with E-state index in [9.17, 15) is 0 Å². The largest absolute Gasteiger partial charge is 0.329 e. The second kappa shape index (κ2) is 6.10. The smallest absolute Gasteiger partial charge is 0.0472 e. The zero-order valence-corrected chi connectivity index (χ0v) is 10.5. The molecule has 1 aromatic rings. The van der Waals surface area contributed by atoms with Crippen molar-refractivity contribution in [2.24, 2.45) is 5.73 Å². The molecule has 2 heterocycles. The number of nitrogens with two attached hydrogens (primary N) is 1. The topological polar surface area (TPSA) is 45.4 Å². The molecule has 4 nitrogen and oxygen atoms in total. The van der Waals surface area contributed by atoms with E-state index in [1.54, 1.807) is 0 Å². The first-order valence-electron chi connectivity index (χ1n) is 6.34. The SMILES string of the molecule is CN1CCCN(C(CN)c2ccncc2)CC1. The number of aromatic nitrogens is 1. The summed E-state index contributed by atoms with van der Waals surface area (Å²) < 4.78 is 0. The van der Waals surface area contributed by atoms with Gasteiger partial charge in [-0.2, -0.15) is 0 Å². The van der Waals surface area contributed by atoms with Crippen LogP contribution in [0.5, 0.6) is 0 Å². The molecule has 2 rings (SSSR count). The molecular weight excluding hydrogens is 212 g/mol. The Balaban J connectivity index is 2.07.